The molecule has 4 heteroatoms. The smallest absolute Gasteiger partial charge is 0.131 e. The van der Waals surface area contributed by atoms with Gasteiger partial charge in [0.25, 0.3) is 0 Å². The van der Waals surface area contributed by atoms with Gasteiger partial charge in [0.1, 0.15) is 23.8 Å². The van der Waals surface area contributed by atoms with Gasteiger partial charge in [0.2, 0.25) is 0 Å². The van der Waals surface area contributed by atoms with Gasteiger partial charge in [0.15, 0.2) is 0 Å². The molecule has 1 heterocycles. The van der Waals surface area contributed by atoms with E-state index in [1.807, 2.05) is 18.2 Å². The van der Waals surface area contributed by atoms with Gasteiger partial charge in [-0.15, -0.1) is 0 Å². The van der Waals surface area contributed by atoms with Crippen LogP contribution in [0.25, 0.3) is 10.9 Å². The number of aromatic nitrogens is 1. The highest BCUT2D eigenvalue weighted by Gasteiger charge is 2.19. The van der Waals surface area contributed by atoms with E-state index in [1.54, 1.807) is 24.4 Å². The van der Waals surface area contributed by atoms with Gasteiger partial charge in [-0.25, -0.2) is 8.78 Å². The molecule has 2 nitrogen and oxygen atoms in total. The summed E-state index contributed by atoms with van der Waals surface area (Å²) in [5.41, 5.74) is 0.757. The number of fused-ring (bicyclic) bond motifs is 1. The maximum atomic E-state index is 14.0. The molecule has 0 saturated heterocycles. The van der Waals surface area contributed by atoms with Gasteiger partial charge in [-0.05, 0) is 49.7 Å². The zero-order valence-corrected chi connectivity index (χ0v) is 13.0. The van der Waals surface area contributed by atoms with Crippen LogP contribution >= 0.6 is 0 Å². The first-order valence-electron chi connectivity index (χ1n) is 7.38. The third-order valence-electron chi connectivity index (χ3n) is 3.66. The number of pyridine rings is 1. The number of hydrogen-bond donors (Lipinski definition) is 0. The lowest BCUT2D eigenvalue weighted by Gasteiger charge is -2.15. The van der Waals surface area contributed by atoms with Crippen molar-refractivity contribution in [3.63, 3.8) is 0 Å². The van der Waals surface area contributed by atoms with E-state index in [0.717, 1.165) is 16.5 Å². The van der Waals surface area contributed by atoms with E-state index in [9.17, 15) is 8.78 Å². The van der Waals surface area contributed by atoms with Crippen molar-refractivity contribution in [2.45, 2.75) is 26.1 Å². The fourth-order valence-electron chi connectivity index (χ4n) is 2.26. The molecular formula is C19H17F2NO. The van der Waals surface area contributed by atoms with Crippen LogP contribution in [0.2, 0.25) is 0 Å². The third kappa shape index (κ3) is 3.65. The molecule has 2 aromatic carbocycles. The zero-order valence-electron chi connectivity index (χ0n) is 13.0. The average Bonchev–Trinajstić information content (AvgIpc) is 2.53. The molecule has 0 unspecified atom stereocenters. The number of alkyl halides is 1. The third-order valence-corrected chi connectivity index (χ3v) is 3.66. The Labute approximate surface area is 133 Å². The maximum Gasteiger partial charge on any atom is 0.131 e. The van der Waals surface area contributed by atoms with E-state index in [0.29, 0.717) is 17.9 Å². The quantitative estimate of drug-likeness (QED) is 0.664. The molecule has 0 fully saturated rings. The van der Waals surface area contributed by atoms with E-state index < -0.39 is 5.67 Å². The first-order valence-corrected chi connectivity index (χ1v) is 7.38. The highest BCUT2D eigenvalue weighted by atomic mass is 19.1. The number of nitrogens with zero attached hydrogens (tertiary/aromatic N) is 1. The molecule has 0 bridgehead atoms. The van der Waals surface area contributed by atoms with Gasteiger partial charge < -0.3 is 4.74 Å². The molecule has 3 rings (SSSR count). The summed E-state index contributed by atoms with van der Waals surface area (Å²) in [7, 11) is 0. The highest BCUT2D eigenvalue weighted by Crippen LogP contribution is 2.28. The minimum Gasteiger partial charge on any atom is -0.489 e. The summed E-state index contributed by atoms with van der Waals surface area (Å²) in [5.74, 6) is 0.400. The van der Waals surface area contributed by atoms with E-state index >= 15 is 0 Å². The van der Waals surface area contributed by atoms with Crippen molar-refractivity contribution in [3.8, 4) is 5.75 Å². The molecule has 23 heavy (non-hydrogen) atoms. The Morgan fingerprint density at radius 1 is 1.04 bits per heavy atom. The second-order valence-electron chi connectivity index (χ2n) is 5.97. The lowest BCUT2D eigenvalue weighted by atomic mass is 10.0. The van der Waals surface area contributed by atoms with Crippen LogP contribution in [0.4, 0.5) is 8.78 Å². The van der Waals surface area contributed by atoms with Gasteiger partial charge in [-0.2, -0.15) is 0 Å². The molecule has 0 aliphatic rings. The summed E-state index contributed by atoms with van der Waals surface area (Å²) >= 11 is 0. The van der Waals surface area contributed by atoms with Crippen LogP contribution in [0.15, 0.2) is 54.7 Å². The second-order valence-corrected chi connectivity index (χ2v) is 5.97. The van der Waals surface area contributed by atoms with Crippen LogP contribution < -0.4 is 4.74 Å². The molecular weight excluding hydrogens is 296 g/mol. The van der Waals surface area contributed by atoms with Gasteiger partial charge in [-0.1, -0.05) is 12.1 Å². The average molecular weight is 313 g/mol. The Hall–Kier alpha value is -2.49. The Bertz CT molecular complexity index is 823. The topological polar surface area (TPSA) is 22.1 Å². The standard InChI is InChI=1S/C19H17F2NO/c1-19(2,21)15-9-14-5-8-17(10-18(14)22-11-15)23-12-13-3-6-16(20)7-4-13/h3-11H,12H2,1-2H3. The van der Waals surface area contributed by atoms with Crippen molar-refractivity contribution in [3.05, 3.63) is 71.7 Å². The molecule has 1 aromatic heterocycles. The molecule has 0 aliphatic heterocycles. The molecule has 3 aromatic rings. The maximum absolute atomic E-state index is 14.0. The van der Waals surface area contributed by atoms with Crippen molar-refractivity contribution < 1.29 is 13.5 Å². The molecule has 0 amide bonds. The molecule has 118 valence electrons. The summed E-state index contributed by atoms with van der Waals surface area (Å²) < 4.78 is 32.5. The van der Waals surface area contributed by atoms with Crippen molar-refractivity contribution in [2.75, 3.05) is 0 Å². The predicted molar refractivity (Wildman–Crippen MR) is 86.6 cm³/mol. The van der Waals surface area contributed by atoms with Crippen molar-refractivity contribution in [1.29, 1.82) is 0 Å². The molecule has 0 atom stereocenters. The summed E-state index contributed by atoms with van der Waals surface area (Å²) in [6.45, 7) is 3.37. The molecule has 0 radical (unpaired) electrons. The van der Waals surface area contributed by atoms with E-state index in [-0.39, 0.29) is 5.82 Å². The molecule has 0 spiro atoms. The van der Waals surface area contributed by atoms with E-state index in [4.69, 9.17) is 4.74 Å². The number of rotatable bonds is 4. The monoisotopic (exact) mass is 313 g/mol. The van der Waals surface area contributed by atoms with Gasteiger partial charge >= 0.3 is 0 Å². The Kier molecular flexibility index (Phi) is 3.99. The second kappa shape index (κ2) is 5.95. The summed E-state index contributed by atoms with van der Waals surface area (Å²) in [4.78, 5) is 4.31. The lowest BCUT2D eigenvalue weighted by molar-refractivity contribution is 0.221. The Morgan fingerprint density at radius 2 is 1.78 bits per heavy atom. The lowest BCUT2D eigenvalue weighted by Crippen LogP contribution is -2.09. The summed E-state index contributed by atoms with van der Waals surface area (Å²) in [5, 5.41) is 0.863. The minimum atomic E-state index is -1.42. The largest absolute Gasteiger partial charge is 0.489 e. The van der Waals surface area contributed by atoms with Crippen LogP contribution in [-0.2, 0) is 12.3 Å². The zero-order chi connectivity index (χ0) is 16.4. The molecule has 0 saturated carbocycles. The highest BCUT2D eigenvalue weighted by molar-refractivity contribution is 5.80. The van der Waals surface area contributed by atoms with Gasteiger partial charge in [0.05, 0.1) is 5.52 Å². The molecule has 0 aliphatic carbocycles. The SMILES string of the molecule is CC(C)(F)c1cnc2cc(OCc3ccc(F)cc3)ccc2c1. The number of halogens is 2. The fraction of sp³-hybridized carbons (Fsp3) is 0.211. The van der Waals surface area contributed by atoms with Gasteiger partial charge in [-0.3, -0.25) is 4.98 Å². The van der Waals surface area contributed by atoms with E-state index in [1.165, 1.54) is 26.0 Å². The Morgan fingerprint density at radius 3 is 2.48 bits per heavy atom. The Balaban J connectivity index is 1.79. The summed E-state index contributed by atoms with van der Waals surface area (Å²) in [6.07, 6.45) is 1.55. The van der Waals surface area contributed by atoms with Crippen molar-refractivity contribution in [1.82, 2.24) is 4.98 Å². The number of hydrogen-bond acceptors (Lipinski definition) is 2. The van der Waals surface area contributed by atoms with E-state index in [2.05, 4.69) is 4.98 Å². The molecule has 0 N–H and O–H groups in total. The van der Waals surface area contributed by atoms with Gasteiger partial charge in [0, 0.05) is 23.2 Å². The first-order chi connectivity index (χ1) is 10.9. The summed E-state index contributed by atoms with van der Waals surface area (Å²) in [6, 6.07) is 13.5. The number of benzene rings is 2. The predicted octanol–water partition coefficient (Wildman–Crippen LogP) is 5.16. The van der Waals surface area contributed by atoms with Crippen LogP contribution in [0, 0.1) is 5.82 Å². The fourth-order valence-corrected chi connectivity index (χ4v) is 2.26. The minimum absolute atomic E-state index is 0.268. The number of ether oxygens (including phenoxy) is 1. The van der Waals surface area contributed by atoms with Crippen molar-refractivity contribution >= 4 is 10.9 Å². The van der Waals surface area contributed by atoms with Crippen molar-refractivity contribution in [2.24, 2.45) is 0 Å². The normalized spacial score (nSPS) is 11.7. The van der Waals surface area contributed by atoms with Crippen LogP contribution in [-0.4, -0.2) is 4.98 Å². The van der Waals surface area contributed by atoms with Crippen LogP contribution in [0.1, 0.15) is 25.0 Å². The van der Waals surface area contributed by atoms with Crippen LogP contribution in [0.5, 0.6) is 5.75 Å². The first kappa shape index (κ1) is 15.4. The van der Waals surface area contributed by atoms with Crippen LogP contribution in [0.3, 0.4) is 0 Å².